The van der Waals surface area contributed by atoms with Crippen LogP contribution in [0.5, 0.6) is 0 Å². The molecule has 3 aromatic rings. The maximum atomic E-state index is 13.6. The summed E-state index contributed by atoms with van der Waals surface area (Å²) < 4.78 is 33.6. The van der Waals surface area contributed by atoms with Gasteiger partial charge in [0, 0.05) is 43.6 Å². The molecule has 0 amide bonds. The molecule has 0 bridgehead atoms. The highest BCUT2D eigenvalue weighted by Gasteiger charge is 2.40. The summed E-state index contributed by atoms with van der Waals surface area (Å²) in [5.41, 5.74) is 3.88. The summed E-state index contributed by atoms with van der Waals surface area (Å²) >= 11 is 0. The van der Waals surface area contributed by atoms with Crippen LogP contribution in [0.3, 0.4) is 0 Å². The fraction of sp³-hybridized carbons (Fsp3) is 0.417. The van der Waals surface area contributed by atoms with Crippen molar-refractivity contribution in [2.75, 3.05) is 49.6 Å². The first-order chi connectivity index (χ1) is 15.9. The maximum Gasteiger partial charge on any atom is 0.246 e. The van der Waals surface area contributed by atoms with Gasteiger partial charge in [0.1, 0.15) is 6.33 Å². The van der Waals surface area contributed by atoms with Crippen molar-refractivity contribution < 1.29 is 13.5 Å². The molecule has 1 aromatic heterocycles. The Kier molecular flexibility index (Phi) is 5.76. The second-order valence-corrected chi connectivity index (χ2v) is 8.94. The number of nitrogens with one attached hydrogen (secondary N) is 1. The second kappa shape index (κ2) is 8.72. The van der Waals surface area contributed by atoms with Crippen molar-refractivity contribution in [2.24, 2.45) is 0 Å². The maximum absolute atomic E-state index is 13.6. The SMILES string of the molecule is CCc1cc(Nc2ncn(-c3ccc(F)c(F)c3)n2)cc(N2CCN(C3(C)COC3)CC2)c1. The monoisotopic (exact) mass is 454 g/mol. The molecule has 0 aliphatic carbocycles. The highest BCUT2D eigenvalue weighted by Crippen LogP contribution is 2.29. The van der Waals surface area contributed by atoms with Crippen LogP contribution in [-0.4, -0.2) is 64.6 Å². The number of hydrogen-bond acceptors (Lipinski definition) is 6. The number of rotatable bonds is 6. The lowest BCUT2D eigenvalue weighted by molar-refractivity contribution is -0.131. The number of piperazine rings is 1. The number of nitrogens with zero attached hydrogens (tertiary/aromatic N) is 5. The average Bonchev–Trinajstić information content (AvgIpc) is 3.27. The summed E-state index contributed by atoms with van der Waals surface area (Å²) in [4.78, 5) is 9.23. The Morgan fingerprint density at radius 2 is 1.79 bits per heavy atom. The van der Waals surface area contributed by atoms with Crippen LogP contribution in [0.15, 0.2) is 42.7 Å². The van der Waals surface area contributed by atoms with E-state index in [0.29, 0.717) is 11.6 Å². The van der Waals surface area contributed by atoms with Crippen LogP contribution in [0.2, 0.25) is 0 Å². The van der Waals surface area contributed by atoms with Gasteiger partial charge in [-0.15, -0.1) is 5.10 Å². The molecule has 2 aliphatic heterocycles. The van der Waals surface area contributed by atoms with Gasteiger partial charge in [-0.2, -0.15) is 4.98 Å². The zero-order chi connectivity index (χ0) is 23.0. The molecule has 0 radical (unpaired) electrons. The fourth-order valence-corrected chi connectivity index (χ4v) is 4.42. The molecule has 2 saturated heterocycles. The number of hydrogen-bond donors (Lipinski definition) is 1. The number of ether oxygens (including phenoxy) is 1. The van der Waals surface area contributed by atoms with Crippen molar-refractivity contribution in [3.63, 3.8) is 0 Å². The van der Waals surface area contributed by atoms with Crippen LogP contribution in [0.4, 0.5) is 26.1 Å². The van der Waals surface area contributed by atoms with Crippen molar-refractivity contribution in [1.29, 1.82) is 0 Å². The molecule has 5 rings (SSSR count). The molecular weight excluding hydrogens is 426 g/mol. The lowest BCUT2D eigenvalue weighted by atomic mass is 9.96. The average molecular weight is 455 g/mol. The Morgan fingerprint density at radius 1 is 1.00 bits per heavy atom. The van der Waals surface area contributed by atoms with Crippen molar-refractivity contribution >= 4 is 17.3 Å². The van der Waals surface area contributed by atoms with Crippen LogP contribution in [0.1, 0.15) is 19.4 Å². The number of benzene rings is 2. The zero-order valence-corrected chi connectivity index (χ0v) is 18.9. The van der Waals surface area contributed by atoms with Gasteiger partial charge in [-0.25, -0.2) is 13.5 Å². The van der Waals surface area contributed by atoms with E-state index in [4.69, 9.17) is 4.74 Å². The number of aromatic nitrogens is 3. The van der Waals surface area contributed by atoms with E-state index in [1.807, 2.05) is 0 Å². The van der Waals surface area contributed by atoms with E-state index in [0.717, 1.165) is 63.6 Å². The second-order valence-electron chi connectivity index (χ2n) is 8.94. The van der Waals surface area contributed by atoms with Gasteiger partial charge in [0.05, 0.1) is 24.4 Å². The Labute approximate surface area is 192 Å². The number of anilines is 3. The van der Waals surface area contributed by atoms with Gasteiger partial charge < -0.3 is 15.0 Å². The molecule has 7 nitrogen and oxygen atoms in total. The van der Waals surface area contributed by atoms with Gasteiger partial charge in [0.15, 0.2) is 11.6 Å². The first-order valence-electron chi connectivity index (χ1n) is 11.3. The van der Waals surface area contributed by atoms with Gasteiger partial charge >= 0.3 is 0 Å². The van der Waals surface area contributed by atoms with Gasteiger partial charge in [-0.05, 0) is 49.2 Å². The largest absolute Gasteiger partial charge is 0.377 e. The fourth-order valence-electron chi connectivity index (χ4n) is 4.42. The third-order valence-corrected chi connectivity index (χ3v) is 6.54. The van der Waals surface area contributed by atoms with E-state index in [-0.39, 0.29) is 5.54 Å². The summed E-state index contributed by atoms with van der Waals surface area (Å²) in [7, 11) is 0. The lowest BCUT2D eigenvalue weighted by Gasteiger charge is -2.50. The molecule has 9 heteroatoms. The summed E-state index contributed by atoms with van der Waals surface area (Å²) in [6.45, 7) is 9.99. The minimum Gasteiger partial charge on any atom is -0.377 e. The molecule has 174 valence electrons. The first-order valence-corrected chi connectivity index (χ1v) is 11.3. The van der Waals surface area contributed by atoms with Crippen LogP contribution in [0.25, 0.3) is 5.69 Å². The Bertz CT molecular complexity index is 1140. The standard InChI is InChI=1S/C24H28F2N6O/c1-3-17-10-18(28-23-27-16-32(29-23)19-4-5-21(25)22(26)13-19)12-20(11-17)30-6-8-31(9-7-30)24(2)14-33-15-24/h4-5,10-13,16H,3,6-9,14-15H2,1-2H3,(H,28,29). The van der Waals surface area contributed by atoms with E-state index in [2.05, 4.69) is 57.2 Å². The minimum absolute atomic E-state index is 0.183. The zero-order valence-electron chi connectivity index (χ0n) is 18.9. The third-order valence-electron chi connectivity index (χ3n) is 6.54. The normalized spacial score (nSPS) is 18.2. The first kappa shape index (κ1) is 21.8. The molecule has 0 unspecified atom stereocenters. The smallest absolute Gasteiger partial charge is 0.246 e. The molecule has 2 aromatic carbocycles. The third kappa shape index (κ3) is 4.43. The minimum atomic E-state index is -0.920. The van der Waals surface area contributed by atoms with E-state index in [1.54, 1.807) is 0 Å². The lowest BCUT2D eigenvalue weighted by Crippen LogP contribution is -2.64. The summed E-state index contributed by atoms with van der Waals surface area (Å²) in [5.74, 6) is -1.42. The summed E-state index contributed by atoms with van der Waals surface area (Å²) in [6, 6.07) is 10.1. The van der Waals surface area contributed by atoms with Crippen LogP contribution in [-0.2, 0) is 11.2 Å². The van der Waals surface area contributed by atoms with Gasteiger partial charge in [-0.3, -0.25) is 4.90 Å². The van der Waals surface area contributed by atoms with E-state index < -0.39 is 11.6 Å². The molecule has 1 N–H and O–H groups in total. The number of halogens is 2. The quantitative estimate of drug-likeness (QED) is 0.612. The van der Waals surface area contributed by atoms with Crippen molar-refractivity contribution in [3.05, 3.63) is 59.9 Å². The van der Waals surface area contributed by atoms with Crippen LogP contribution >= 0.6 is 0 Å². The Hall–Kier alpha value is -3.04. The highest BCUT2D eigenvalue weighted by atomic mass is 19.2. The molecule has 2 fully saturated rings. The van der Waals surface area contributed by atoms with Gasteiger partial charge in [0.2, 0.25) is 5.95 Å². The summed E-state index contributed by atoms with van der Waals surface area (Å²) in [5, 5.41) is 7.63. The Balaban J connectivity index is 1.31. The molecule has 3 heterocycles. The summed E-state index contributed by atoms with van der Waals surface area (Å²) in [6.07, 6.45) is 2.39. The molecule has 2 aliphatic rings. The molecule has 33 heavy (non-hydrogen) atoms. The van der Waals surface area contributed by atoms with E-state index >= 15 is 0 Å². The predicted octanol–water partition coefficient (Wildman–Crippen LogP) is 3.76. The molecule has 0 atom stereocenters. The number of aryl methyl sites for hydroxylation is 1. The van der Waals surface area contributed by atoms with Crippen molar-refractivity contribution in [3.8, 4) is 5.69 Å². The highest BCUT2D eigenvalue weighted by molar-refractivity contribution is 5.64. The van der Waals surface area contributed by atoms with Crippen molar-refractivity contribution in [2.45, 2.75) is 25.8 Å². The van der Waals surface area contributed by atoms with Gasteiger partial charge in [0.25, 0.3) is 0 Å². The van der Waals surface area contributed by atoms with Crippen molar-refractivity contribution in [1.82, 2.24) is 19.7 Å². The van der Waals surface area contributed by atoms with E-state index in [9.17, 15) is 8.78 Å². The Morgan fingerprint density at radius 3 is 2.45 bits per heavy atom. The molecule has 0 saturated carbocycles. The molecule has 0 spiro atoms. The van der Waals surface area contributed by atoms with Crippen LogP contribution < -0.4 is 10.2 Å². The molecular formula is C24H28F2N6O. The van der Waals surface area contributed by atoms with Crippen LogP contribution in [0, 0.1) is 11.6 Å². The van der Waals surface area contributed by atoms with Gasteiger partial charge in [-0.1, -0.05) is 6.92 Å². The predicted molar refractivity (Wildman–Crippen MR) is 123 cm³/mol. The topological polar surface area (TPSA) is 58.5 Å². The van der Waals surface area contributed by atoms with E-state index in [1.165, 1.54) is 28.3 Å².